The van der Waals surface area contributed by atoms with Gasteiger partial charge in [0.25, 0.3) is 0 Å². The molecule has 0 saturated heterocycles. The van der Waals surface area contributed by atoms with Gasteiger partial charge in [0, 0.05) is 121 Å². The average molecular weight is 1840 g/mol. The number of amides is 5. The maximum absolute atomic E-state index is 17.5. The Morgan fingerprint density at radius 3 is 0.639 bits per heavy atom. The Balaban J connectivity index is 1.13. The number of hydrogen-bond donors (Lipinski definition) is 5. The molecule has 0 aliphatic carbocycles. The van der Waals surface area contributed by atoms with E-state index in [4.69, 9.17) is 55.9 Å². The van der Waals surface area contributed by atoms with Crippen LogP contribution >= 0.6 is 0 Å². The Morgan fingerprint density at radius 2 is 0.444 bits per heavy atom. The van der Waals surface area contributed by atoms with Gasteiger partial charge in [0.1, 0.15) is 5.54 Å². The van der Waals surface area contributed by atoms with E-state index in [1.165, 1.54) is 0 Å². The lowest BCUT2D eigenvalue weighted by atomic mass is 9.80. The van der Waals surface area contributed by atoms with E-state index in [2.05, 4.69) is 99.4 Å². The fourth-order valence-electron chi connectivity index (χ4n) is 17.2. The van der Waals surface area contributed by atoms with E-state index in [1.807, 2.05) is 221 Å². The summed E-state index contributed by atoms with van der Waals surface area (Å²) < 4.78 is 76.9. The highest BCUT2D eigenvalue weighted by Gasteiger charge is 2.46. The Kier molecular flexibility index (Phi) is 51.8. The van der Waals surface area contributed by atoms with Crippen LogP contribution in [0.3, 0.4) is 0 Å². The average Bonchev–Trinajstić information content (AvgIpc) is 0.792. The van der Waals surface area contributed by atoms with Crippen molar-refractivity contribution in [2.45, 2.75) is 256 Å². The zero-order valence-electron chi connectivity index (χ0n) is 79.5. The number of nitrogens with one attached hydrogen (secondary N) is 5. The van der Waals surface area contributed by atoms with Gasteiger partial charge in [-0.25, -0.2) is 4.79 Å². The first-order valence-electron chi connectivity index (χ1n) is 48.8. The molecule has 5 N–H and O–H groups in total. The van der Waals surface area contributed by atoms with Crippen LogP contribution < -0.4 is 26.6 Å². The zero-order valence-corrected chi connectivity index (χ0v) is 80.5. The van der Waals surface area contributed by atoms with E-state index in [0.717, 1.165) is 50.1 Å². The predicted molar refractivity (Wildman–Crippen MR) is 528 cm³/mol. The maximum Gasteiger partial charge on any atom is 0.500 e. The van der Waals surface area contributed by atoms with E-state index in [-0.39, 0.29) is 44.0 Å². The lowest BCUT2D eigenvalue weighted by Gasteiger charge is -2.42. The molecule has 9 aromatic rings. The third kappa shape index (κ3) is 43.7. The predicted octanol–water partition coefficient (Wildman–Crippen LogP) is 21.6. The van der Waals surface area contributed by atoms with Crippen LogP contribution in [0.4, 0.5) is 4.79 Å². The Labute approximate surface area is 794 Å². The van der Waals surface area contributed by atoms with Crippen LogP contribution in [0, 0.1) is 0 Å². The summed E-state index contributed by atoms with van der Waals surface area (Å²) in [6.07, 6.45) is 9.26. The third-order valence-corrected chi connectivity index (χ3v) is 27.2. The van der Waals surface area contributed by atoms with Crippen molar-refractivity contribution in [3.63, 3.8) is 0 Å². The van der Waals surface area contributed by atoms with Gasteiger partial charge in [0.05, 0.1) is 59.5 Å². The SMILES string of the molecule is CCO[Si](CCCNC(=O)NC(CCC(=O)NC(CCCOCc1ccccc1)(CCCOCc1ccccc1)CCCOCc1ccccc1)(CCC(=O)NC(CCCOCc1ccccc1)(CCCOCc1ccccc1)CCCOCc1ccccc1)C(=O)NC(CCCOCc1ccccc1)(CCCOCc1ccccc1)CCCOCc1ccccc1)(OCC)OCC. The summed E-state index contributed by atoms with van der Waals surface area (Å²) in [6, 6.07) is 90.6. The molecule has 0 saturated carbocycles. The number of benzene rings is 9. The summed E-state index contributed by atoms with van der Waals surface area (Å²) in [5.74, 6) is -1.21. The Hall–Kier alpha value is -9.60. The van der Waals surface area contributed by atoms with Crippen LogP contribution in [0.15, 0.2) is 273 Å². The fraction of sp³-hybridized carbons (Fsp3) is 0.477. The molecule has 0 heterocycles. The molecule has 22 heteroatoms. The van der Waals surface area contributed by atoms with Gasteiger partial charge < -0.3 is 82.5 Å². The molecule has 0 radical (unpaired) electrons. The smallest absolute Gasteiger partial charge is 0.377 e. The van der Waals surface area contributed by atoms with Gasteiger partial charge in [-0.1, -0.05) is 273 Å². The molecular formula is C111H151N5O16Si. The van der Waals surface area contributed by atoms with Crippen molar-refractivity contribution >= 4 is 32.6 Å². The van der Waals surface area contributed by atoms with E-state index in [0.29, 0.717) is 267 Å². The summed E-state index contributed by atoms with van der Waals surface area (Å²) in [5, 5.41) is 17.6. The topological polar surface area (TPSA) is 239 Å². The highest BCUT2D eigenvalue weighted by molar-refractivity contribution is 6.60. The minimum absolute atomic E-state index is 0.134. The molecule has 5 amide bonds. The van der Waals surface area contributed by atoms with Crippen LogP contribution in [0.5, 0.6) is 0 Å². The molecular weight excluding hydrogens is 1690 g/mol. The second kappa shape index (κ2) is 64.4. The maximum atomic E-state index is 17.5. The van der Waals surface area contributed by atoms with Crippen molar-refractivity contribution < 1.29 is 75.1 Å². The lowest BCUT2D eigenvalue weighted by Crippen LogP contribution is -2.65. The normalized spacial score (nSPS) is 11.9. The van der Waals surface area contributed by atoms with Gasteiger partial charge in [-0.05, 0) is 206 Å². The van der Waals surface area contributed by atoms with Crippen LogP contribution in [0.2, 0.25) is 6.04 Å². The summed E-state index contributed by atoms with van der Waals surface area (Å²) in [6.45, 7) is 14.3. The molecule has 0 spiro atoms. The van der Waals surface area contributed by atoms with Gasteiger partial charge in [0.2, 0.25) is 17.7 Å². The molecule has 9 aromatic carbocycles. The molecule has 133 heavy (non-hydrogen) atoms. The Bertz CT molecular complexity index is 3930. The third-order valence-electron chi connectivity index (χ3n) is 24.1. The van der Waals surface area contributed by atoms with Crippen LogP contribution in [-0.2, 0) is 130 Å². The van der Waals surface area contributed by atoms with Crippen molar-refractivity contribution in [1.29, 1.82) is 0 Å². The molecule has 21 nitrogen and oxygen atoms in total. The standard InChI is InChI=1S/C111H151N5O16Si/c1-4-130-133(131-5-2,132-6-3)85-43-75-112-107(120)116-111(106(119)115-110(70-40-82-127-92-101-56-28-13-29-57-101,71-41-83-128-93-102-58-30-14-31-59-102)72-42-84-129-94-103-60-32-15-33-61-103,73-62-104(117)113-108(64-34-76-121-86-95-44-16-7-17-45-95,65-35-77-122-87-96-46-18-8-19-47-96)66-36-78-123-88-97-48-20-9-21-49-97)74-63-105(118)114-109(67-37-79-124-89-98-50-22-10-23-51-98,68-38-80-125-90-99-52-24-11-25-53-99)69-39-81-126-91-100-54-26-12-27-55-100/h7-33,44-61H,4-6,34-43,62-94H2,1-3H3,(H,113,117)(H,114,118)(H,115,119)(H2,112,116,120). The fourth-order valence-corrected chi connectivity index (χ4v) is 19.8. The Morgan fingerprint density at radius 1 is 0.248 bits per heavy atom. The van der Waals surface area contributed by atoms with Crippen molar-refractivity contribution in [3.05, 3.63) is 323 Å². The number of carbonyl (C=O) groups excluding carboxylic acids is 4. The number of rotatable bonds is 75. The molecule has 0 aromatic heterocycles. The molecule has 0 atom stereocenters. The van der Waals surface area contributed by atoms with Gasteiger partial charge in [-0.2, -0.15) is 0 Å². The summed E-state index contributed by atoms with van der Waals surface area (Å²) in [4.78, 5) is 65.9. The minimum atomic E-state index is -3.21. The van der Waals surface area contributed by atoms with Gasteiger partial charge in [0.15, 0.2) is 0 Å². The van der Waals surface area contributed by atoms with Gasteiger partial charge in [-0.3, -0.25) is 14.4 Å². The zero-order chi connectivity index (χ0) is 93.4. The van der Waals surface area contributed by atoms with Crippen LogP contribution in [-0.4, -0.2) is 141 Å². The number of carbonyl (C=O) groups is 4. The van der Waals surface area contributed by atoms with E-state index in [1.54, 1.807) is 0 Å². The highest BCUT2D eigenvalue weighted by Crippen LogP contribution is 2.34. The van der Waals surface area contributed by atoms with Crippen LogP contribution in [0.1, 0.15) is 219 Å². The van der Waals surface area contributed by atoms with Crippen molar-refractivity contribution in [1.82, 2.24) is 26.6 Å². The van der Waals surface area contributed by atoms with Crippen LogP contribution in [0.25, 0.3) is 0 Å². The molecule has 0 bridgehead atoms. The molecule has 720 valence electrons. The van der Waals surface area contributed by atoms with E-state index < -0.39 is 42.9 Å². The summed E-state index contributed by atoms with van der Waals surface area (Å²) in [5.41, 5.74) is 4.77. The van der Waals surface area contributed by atoms with Crippen molar-refractivity contribution in [3.8, 4) is 0 Å². The molecule has 9 rings (SSSR count). The summed E-state index contributed by atoms with van der Waals surface area (Å²) in [7, 11) is -3.21. The minimum Gasteiger partial charge on any atom is -0.377 e. The van der Waals surface area contributed by atoms with E-state index >= 15 is 19.2 Å². The number of urea groups is 1. The monoisotopic (exact) mass is 1840 g/mol. The molecule has 0 fully saturated rings. The first-order valence-corrected chi connectivity index (χ1v) is 50.7. The second-order valence-corrected chi connectivity index (χ2v) is 37.4. The van der Waals surface area contributed by atoms with Crippen molar-refractivity contribution in [2.24, 2.45) is 0 Å². The number of ether oxygens (including phenoxy) is 9. The van der Waals surface area contributed by atoms with E-state index in [9.17, 15) is 0 Å². The quantitative estimate of drug-likeness (QED) is 0.0176. The highest BCUT2D eigenvalue weighted by atomic mass is 28.4. The summed E-state index contributed by atoms with van der Waals surface area (Å²) >= 11 is 0. The lowest BCUT2D eigenvalue weighted by molar-refractivity contribution is -0.132. The number of hydrogen-bond acceptors (Lipinski definition) is 16. The first kappa shape index (κ1) is 107. The first-order chi connectivity index (χ1) is 65.3. The molecule has 0 aliphatic heterocycles. The second-order valence-electron chi connectivity index (χ2n) is 34.7. The largest absolute Gasteiger partial charge is 0.500 e. The van der Waals surface area contributed by atoms with Gasteiger partial charge >= 0.3 is 14.8 Å². The van der Waals surface area contributed by atoms with Gasteiger partial charge in [-0.15, -0.1) is 0 Å². The van der Waals surface area contributed by atoms with Crippen molar-refractivity contribution in [2.75, 3.05) is 85.8 Å². The molecule has 0 aliphatic rings. The molecule has 0 unspecified atom stereocenters.